The highest BCUT2D eigenvalue weighted by Gasteiger charge is 2.24. The van der Waals surface area contributed by atoms with E-state index in [0.29, 0.717) is 41.3 Å². The molecule has 0 bridgehead atoms. The zero-order valence-electron chi connectivity index (χ0n) is 16.1. The van der Waals surface area contributed by atoms with Gasteiger partial charge in [-0.1, -0.05) is 11.8 Å². The molecule has 1 aromatic carbocycles. The summed E-state index contributed by atoms with van der Waals surface area (Å²) in [5, 5.41) is 8.55. The van der Waals surface area contributed by atoms with Crippen molar-refractivity contribution in [3.05, 3.63) is 41.7 Å². The number of carbonyl (C=O) groups is 1. The Bertz CT molecular complexity index is 1020. The Morgan fingerprint density at radius 2 is 2.00 bits per heavy atom. The first-order valence-electron chi connectivity index (χ1n) is 8.99. The molecule has 2 aromatic heterocycles. The Morgan fingerprint density at radius 3 is 2.69 bits per heavy atom. The molecule has 3 aromatic rings. The number of methoxy groups -OCH3 is 2. The summed E-state index contributed by atoms with van der Waals surface area (Å²) >= 11 is 1.25. The van der Waals surface area contributed by atoms with E-state index < -0.39 is 0 Å². The number of hydrogen-bond acceptors (Lipinski definition) is 8. The summed E-state index contributed by atoms with van der Waals surface area (Å²) in [7, 11) is 3.22. The van der Waals surface area contributed by atoms with Crippen LogP contribution in [0.4, 0.5) is 0 Å². The van der Waals surface area contributed by atoms with E-state index in [-0.39, 0.29) is 11.7 Å². The van der Waals surface area contributed by atoms with Crippen molar-refractivity contribution in [1.82, 2.24) is 19.8 Å². The van der Waals surface area contributed by atoms with Gasteiger partial charge in [-0.15, -0.1) is 10.2 Å². The summed E-state index contributed by atoms with van der Waals surface area (Å²) in [4.78, 5) is 14.6. The fraction of sp³-hybridized carbons (Fsp3) is 0.316. The van der Waals surface area contributed by atoms with Gasteiger partial charge in [0.1, 0.15) is 0 Å². The van der Waals surface area contributed by atoms with Crippen LogP contribution in [0.5, 0.6) is 11.5 Å². The first-order chi connectivity index (χ1) is 14.1. The van der Waals surface area contributed by atoms with Crippen molar-refractivity contribution in [1.29, 1.82) is 0 Å². The number of aromatic nitrogens is 3. The third-order valence-electron chi connectivity index (χ3n) is 4.80. The van der Waals surface area contributed by atoms with Crippen LogP contribution in [0.15, 0.2) is 40.1 Å². The van der Waals surface area contributed by atoms with Crippen molar-refractivity contribution in [2.45, 2.75) is 18.1 Å². The summed E-state index contributed by atoms with van der Waals surface area (Å²) in [6, 6.07) is 7.42. The van der Waals surface area contributed by atoms with Crippen LogP contribution < -0.4 is 15.3 Å². The summed E-state index contributed by atoms with van der Waals surface area (Å²) in [6.07, 6.45) is 2.31. The second kappa shape index (κ2) is 8.08. The molecule has 152 valence electrons. The summed E-state index contributed by atoms with van der Waals surface area (Å²) in [5.74, 6) is 8.58. The molecule has 0 radical (unpaired) electrons. The van der Waals surface area contributed by atoms with Gasteiger partial charge in [0.15, 0.2) is 17.3 Å². The lowest BCUT2D eigenvalue weighted by Crippen LogP contribution is -2.37. The molecule has 1 aliphatic rings. The highest BCUT2D eigenvalue weighted by molar-refractivity contribution is 7.99. The third kappa shape index (κ3) is 3.75. The first kappa shape index (κ1) is 19.2. The molecule has 0 fully saturated rings. The molecule has 0 spiro atoms. The summed E-state index contributed by atoms with van der Waals surface area (Å²) in [6.45, 7) is 1.18. The normalized spacial score (nSPS) is 13.2. The Morgan fingerprint density at radius 1 is 1.24 bits per heavy atom. The van der Waals surface area contributed by atoms with Gasteiger partial charge in [0, 0.05) is 13.1 Å². The van der Waals surface area contributed by atoms with Gasteiger partial charge < -0.3 is 24.6 Å². The Labute approximate surface area is 171 Å². The fourth-order valence-corrected chi connectivity index (χ4v) is 4.02. The molecule has 0 saturated heterocycles. The van der Waals surface area contributed by atoms with Gasteiger partial charge in [0.05, 0.1) is 26.2 Å². The number of thioether (sulfide) groups is 1. The molecule has 29 heavy (non-hydrogen) atoms. The predicted octanol–water partition coefficient (Wildman–Crippen LogP) is 1.95. The van der Waals surface area contributed by atoms with E-state index in [1.54, 1.807) is 32.6 Å². The lowest BCUT2D eigenvalue weighted by atomic mass is 9.99. The van der Waals surface area contributed by atoms with Gasteiger partial charge in [0.2, 0.25) is 16.9 Å². The number of benzene rings is 1. The quantitative estimate of drug-likeness (QED) is 0.481. The molecular formula is C19H21N5O4S. The van der Waals surface area contributed by atoms with E-state index in [0.717, 1.165) is 12.0 Å². The SMILES string of the molecule is COc1cc2c(cc1OC)CN(C(=O)CSc1nnc(-c3ccco3)n1N)CC2. The smallest absolute Gasteiger partial charge is 0.233 e. The number of hydrogen-bond donors (Lipinski definition) is 1. The maximum atomic E-state index is 12.7. The van der Waals surface area contributed by atoms with Crippen LogP contribution in [0.3, 0.4) is 0 Å². The maximum absolute atomic E-state index is 12.7. The van der Waals surface area contributed by atoms with Crippen molar-refractivity contribution in [2.24, 2.45) is 0 Å². The molecule has 4 rings (SSSR count). The highest BCUT2D eigenvalue weighted by Crippen LogP contribution is 2.33. The first-order valence-corrected chi connectivity index (χ1v) is 9.98. The number of nitrogen functional groups attached to an aromatic ring is 1. The monoisotopic (exact) mass is 415 g/mol. The second-order valence-corrected chi connectivity index (χ2v) is 7.43. The molecule has 1 amide bonds. The lowest BCUT2D eigenvalue weighted by Gasteiger charge is -2.29. The number of ether oxygens (including phenoxy) is 2. The second-order valence-electron chi connectivity index (χ2n) is 6.48. The molecule has 0 atom stereocenters. The predicted molar refractivity (Wildman–Crippen MR) is 107 cm³/mol. The number of amides is 1. The van der Waals surface area contributed by atoms with Crippen molar-refractivity contribution < 1.29 is 18.7 Å². The van der Waals surface area contributed by atoms with Crippen molar-refractivity contribution in [3.63, 3.8) is 0 Å². The van der Waals surface area contributed by atoms with E-state index >= 15 is 0 Å². The number of nitrogens with two attached hydrogens (primary N) is 1. The van der Waals surface area contributed by atoms with Crippen molar-refractivity contribution in [3.8, 4) is 23.1 Å². The number of fused-ring (bicyclic) bond motifs is 1. The standard InChI is InChI=1S/C19H21N5O4S/c1-26-15-8-12-5-6-23(10-13(12)9-16(15)27-2)17(25)11-29-19-22-21-18(24(19)20)14-4-3-7-28-14/h3-4,7-9H,5-6,10-11,20H2,1-2H3. The van der Waals surface area contributed by atoms with Gasteiger partial charge in [-0.3, -0.25) is 4.79 Å². The largest absolute Gasteiger partial charge is 0.493 e. The number of furan rings is 1. The van der Waals surface area contributed by atoms with E-state index in [1.165, 1.54) is 22.0 Å². The van der Waals surface area contributed by atoms with E-state index in [1.807, 2.05) is 17.0 Å². The molecule has 3 heterocycles. The number of rotatable bonds is 6. The lowest BCUT2D eigenvalue weighted by molar-refractivity contribution is -0.129. The molecule has 9 nitrogen and oxygen atoms in total. The number of carbonyl (C=O) groups excluding carboxylic acids is 1. The minimum atomic E-state index is 0.0120. The van der Waals surface area contributed by atoms with Crippen LogP contribution >= 0.6 is 11.8 Å². The minimum absolute atomic E-state index is 0.0120. The van der Waals surface area contributed by atoms with Crippen LogP contribution in [0, 0.1) is 0 Å². The van der Waals surface area contributed by atoms with Gasteiger partial charge >= 0.3 is 0 Å². The molecule has 0 unspecified atom stereocenters. The average Bonchev–Trinajstić information content (AvgIpc) is 3.40. The minimum Gasteiger partial charge on any atom is -0.493 e. The van der Waals surface area contributed by atoms with Crippen LogP contribution in [-0.2, 0) is 17.8 Å². The zero-order chi connectivity index (χ0) is 20.4. The van der Waals surface area contributed by atoms with Crippen LogP contribution in [0.25, 0.3) is 11.6 Å². The van der Waals surface area contributed by atoms with Crippen LogP contribution in [0.2, 0.25) is 0 Å². The molecule has 10 heteroatoms. The maximum Gasteiger partial charge on any atom is 0.233 e. The van der Waals surface area contributed by atoms with E-state index in [4.69, 9.17) is 19.7 Å². The fourth-order valence-electron chi connectivity index (χ4n) is 3.26. The summed E-state index contributed by atoms with van der Waals surface area (Å²) in [5.41, 5.74) is 2.23. The van der Waals surface area contributed by atoms with Crippen molar-refractivity contribution in [2.75, 3.05) is 32.4 Å². The summed E-state index contributed by atoms with van der Waals surface area (Å²) < 4.78 is 17.4. The van der Waals surface area contributed by atoms with Gasteiger partial charge in [0.25, 0.3) is 0 Å². The van der Waals surface area contributed by atoms with Crippen LogP contribution in [0.1, 0.15) is 11.1 Å². The third-order valence-corrected chi connectivity index (χ3v) is 5.73. The Balaban J connectivity index is 1.42. The van der Waals surface area contributed by atoms with E-state index in [9.17, 15) is 4.79 Å². The molecule has 0 saturated carbocycles. The Hall–Kier alpha value is -3.14. The van der Waals surface area contributed by atoms with Gasteiger partial charge in [-0.25, -0.2) is 4.68 Å². The van der Waals surface area contributed by atoms with Gasteiger partial charge in [-0.05, 0) is 41.8 Å². The number of nitrogens with zero attached hydrogens (tertiary/aromatic N) is 4. The topological polar surface area (TPSA) is 109 Å². The van der Waals surface area contributed by atoms with E-state index in [2.05, 4.69) is 10.2 Å². The highest BCUT2D eigenvalue weighted by atomic mass is 32.2. The van der Waals surface area contributed by atoms with Crippen LogP contribution in [-0.4, -0.2) is 52.2 Å². The molecule has 1 aliphatic heterocycles. The molecular weight excluding hydrogens is 394 g/mol. The zero-order valence-corrected chi connectivity index (χ0v) is 16.9. The molecule has 0 aliphatic carbocycles. The molecule has 2 N–H and O–H groups in total. The Kier molecular flexibility index (Phi) is 5.34. The average molecular weight is 415 g/mol. The van der Waals surface area contributed by atoms with Gasteiger partial charge in [-0.2, -0.15) is 0 Å². The van der Waals surface area contributed by atoms with Crippen molar-refractivity contribution >= 4 is 17.7 Å².